The number of esters is 1. The molecule has 1 aliphatic carbocycles. The molecule has 78 valence electrons. The zero-order valence-corrected chi connectivity index (χ0v) is 8.66. The minimum Gasteiger partial charge on any atom is -0.465 e. The van der Waals surface area contributed by atoms with Crippen LogP contribution in [0.3, 0.4) is 0 Å². The van der Waals surface area contributed by atoms with Crippen molar-refractivity contribution in [1.29, 1.82) is 5.26 Å². The van der Waals surface area contributed by atoms with E-state index in [1.54, 1.807) is 6.92 Å². The third-order valence-electron chi connectivity index (χ3n) is 2.80. The van der Waals surface area contributed by atoms with Gasteiger partial charge >= 0.3 is 5.97 Å². The first-order chi connectivity index (χ1) is 6.79. The average Bonchev–Trinajstić information content (AvgIpc) is 2.21. The summed E-state index contributed by atoms with van der Waals surface area (Å²) < 4.78 is 4.89. The Morgan fingerprint density at radius 2 is 2.14 bits per heavy atom. The lowest BCUT2D eigenvalue weighted by Crippen LogP contribution is -2.26. The van der Waals surface area contributed by atoms with Gasteiger partial charge in [0.05, 0.1) is 12.7 Å². The highest BCUT2D eigenvalue weighted by atomic mass is 16.5. The fraction of sp³-hybridized carbons (Fsp3) is 0.818. The van der Waals surface area contributed by atoms with Gasteiger partial charge in [-0.05, 0) is 25.7 Å². The van der Waals surface area contributed by atoms with Gasteiger partial charge in [-0.2, -0.15) is 5.26 Å². The van der Waals surface area contributed by atoms with Crippen LogP contribution in [0.15, 0.2) is 0 Å². The highest BCUT2D eigenvalue weighted by Gasteiger charge is 2.30. The molecule has 0 aliphatic heterocycles. The first-order valence-electron chi connectivity index (χ1n) is 5.35. The van der Waals surface area contributed by atoms with Gasteiger partial charge in [-0.1, -0.05) is 19.3 Å². The summed E-state index contributed by atoms with van der Waals surface area (Å²) in [4.78, 5) is 11.4. The SMILES string of the molecule is CCOC(=O)C(C#N)C1CCCCC1. The Bertz CT molecular complexity index is 226. The maximum absolute atomic E-state index is 11.4. The molecule has 0 N–H and O–H groups in total. The number of hydrogen-bond acceptors (Lipinski definition) is 3. The molecule has 0 bridgehead atoms. The van der Waals surface area contributed by atoms with Crippen molar-refractivity contribution in [2.24, 2.45) is 11.8 Å². The minimum atomic E-state index is -0.532. The van der Waals surface area contributed by atoms with E-state index in [1.165, 1.54) is 6.42 Å². The van der Waals surface area contributed by atoms with Crippen molar-refractivity contribution >= 4 is 5.97 Å². The Labute approximate surface area is 85.1 Å². The molecular weight excluding hydrogens is 178 g/mol. The summed E-state index contributed by atoms with van der Waals surface area (Å²) in [5.74, 6) is -0.634. The van der Waals surface area contributed by atoms with Crippen LogP contribution in [0.1, 0.15) is 39.0 Å². The van der Waals surface area contributed by atoms with E-state index in [1.807, 2.05) is 0 Å². The lowest BCUT2D eigenvalue weighted by molar-refractivity contribution is -0.148. The van der Waals surface area contributed by atoms with Crippen LogP contribution in [0, 0.1) is 23.2 Å². The molecule has 0 saturated heterocycles. The number of hydrogen-bond donors (Lipinski definition) is 0. The van der Waals surface area contributed by atoms with Crippen LogP contribution < -0.4 is 0 Å². The standard InChI is InChI=1S/C11H17NO2/c1-2-14-11(13)10(8-12)9-6-4-3-5-7-9/h9-10H,2-7H2,1H3. The van der Waals surface area contributed by atoms with E-state index in [0.717, 1.165) is 25.7 Å². The lowest BCUT2D eigenvalue weighted by atomic mass is 9.81. The van der Waals surface area contributed by atoms with Crippen LogP contribution in [0.2, 0.25) is 0 Å². The molecule has 1 fully saturated rings. The zero-order chi connectivity index (χ0) is 10.4. The minimum absolute atomic E-state index is 0.229. The Morgan fingerprint density at radius 1 is 1.50 bits per heavy atom. The van der Waals surface area contributed by atoms with E-state index in [4.69, 9.17) is 10.00 Å². The van der Waals surface area contributed by atoms with E-state index in [-0.39, 0.29) is 11.9 Å². The predicted molar refractivity (Wildman–Crippen MR) is 52.3 cm³/mol. The monoisotopic (exact) mass is 195 g/mol. The Morgan fingerprint density at radius 3 is 2.64 bits per heavy atom. The second kappa shape index (κ2) is 5.64. The summed E-state index contributed by atoms with van der Waals surface area (Å²) in [6, 6.07) is 2.08. The molecule has 0 radical (unpaired) electrons. The number of rotatable bonds is 3. The second-order valence-electron chi connectivity index (χ2n) is 3.76. The summed E-state index contributed by atoms with van der Waals surface area (Å²) in [6.07, 6.45) is 5.51. The van der Waals surface area contributed by atoms with Crippen LogP contribution in [0.5, 0.6) is 0 Å². The summed E-state index contributed by atoms with van der Waals surface area (Å²) in [6.45, 7) is 2.14. The van der Waals surface area contributed by atoms with Gasteiger partial charge in [0.25, 0.3) is 0 Å². The molecule has 3 nitrogen and oxygen atoms in total. The zero-order valence-electron chi connectivity index (χ0n) is 8.66. The van der Waals surface area contributed by atoms with Gasteiger partial charge in [0.2, 0.25) is 0 Å². The Kier molecular flexibility index (Phi) is 4.45. The molecule has 1 rings (SSSR count). The van der Waals surface area contributed by atoms with E-state index in [9.17, 15) is 4.79 Å². The van der Waals surface area contributed by atoms with Crippen molar-refractivity contribution in [2.75, 3.05) is 6.61 Å². The average molecular weight is 195 g/mol. The van der Waals surface area contributed by atoms with Crippen LogP contribution in [-0.4, -0.2) is 12.6 Å². The number of carbonyl (C=O) groups is 1. The number of nitrogens with zero attached hydrogens (tertiary/aromatic N) is 1. The summed E-state index contributed by atoms with van der Waals surface area (Å²) in [7, 11) is 0. The maximum Gasteiger partial charge on any atom is 0.323 e. The molecule has 0 heterocycles. The molecule has 3 heteroatoms. The van der Waals surface area contributed by atoms with Crippen molar-refractivity contribution in [3.8, 4) is 6.07 Å². The first-order valence-corrected chi connectivity index (χ1v) is 5.35. The molecule has 1 atom stereocenters. The normalized spacial score (nSPS) is 19.7. The Hall–Kier alpha value is -1.04. The number of nitriles is 1. The van der Waals surface area contributed by atoms with Gasteiger partial charge in [-0.3, -0.25) is 4.79 Å². The summed E-state index contributed by atoms with van der Waals surface area (Å²) in [5, 5.41) is 8.92. The molecule has 0 amide bonds. The van der Waals surface area contributed by atoms with Gasteiger partial charge in [-0.25, -0.2) is 0 Å². The van der Waals surface area contributed by atoms with Gasteiger partial charge < -0.3 is 4.74 Å². The third kappa shape index (κ3) is 2.73. The first kappa shape index (κ1) is 11.0. The number of carbonyl (C=O) groups excluding carboxylic acids is 1. The largest absolute Gasteiger partial charge is 0.465 e. The van der Waals surface area contributed by atoms with Crippen molar-refractivity contribution in [2.45, 2.75) is 39.0 Å². The maximum atomic E-state index is 11.4. The fourth-order valence-electron chi connectivity index (χ4n) is 2.05. The number of ether oxygens (including phenoxy) is 1. The van der Waals surface area contributed by atoms with Gasteiger partial charge in [0.15, 0.2) is 0 Å². The van der Waals surface area contributed by atoms with E-state index in [0.29, 0.717) is 6.61 Å². The van der Waals surface area contributed by atoms with E-state index < -0.39 is 5.92 Å². The molecule has 1 saturated carbocycles. The lowest BCUT2D eigenvalue weighted by Gasteiger charge is -2.24. The molecule has 0 spiro atoms. The van der Waals surface area contributed by atoms with Crippen molar-refractivity contribution in [1.82, 2.24) is 0 Å². The molecule has 14 heavy (non-hydrogen) atoms. The second-order valence-corrected chi connectivity index (χ2v) is 3.76. The highest BCUT2D eigenvalue weighted by Crippen LogP contribution is 2.30. The summed E-state index contributed by atoms with van der Waals surface area (Å²) >= 11 is 0. The smallest absolute Gasteiger partial charge is 0.323 e. The molecule has 1 unspecified atom stereocenters. The van der Waals surface area contributed by atoms with Crippen molar-refractivity contribution in [3.05, 3.63) is 0 Å². The quantitative estimate of drug-likeness (QED) is 0.649. The molecule has 0 aromatic carbocycles. The van der Waals surface area contributed by atoms with Crippen molar-refractivity contribution < 1.29 is 9.53 Å². The Balaban J connectivity index is 2.52. The van der Waals surface area contributed by atoms with Gasteiger partial charge in [-0.15, -0.1) is 0 Å². The molecule has 0 aromatic heterocycles. The van der Waals surface area contributed by atoms with E-state index >= 15 is 0 Å². The molecule has 0 aromatic rings. The van der Waals surface area contributed by atoms with E-state index in [2.05, 4.69) is 6.07 Å². The van der Waals surface area contributed by atoms with Crippen LogP contribution in [0.25, 0.3) is 0 Å². The van der Waals surface area contributed by atoms with Crippen LogP contribution >= 0.6 is 0 Å². The molecular formula is C11H17NO2. The van der Waals surface area contributed by atoms with Crippen LogP contribution in [0.4, 0.5) is 0 Å². The fourth-order valence-corrected chi connectivity index (χ4v) is 2.05. The van der Waals surface area contributed by atoms with Gasteiger partial charge in [0.1, 0.15) is 5.92 Å². The predicted octanol–water partition coefficient (Wildman–Crippen LogP) is 2.27. The van der Waals surface area contributed by atoms with Crippen LogP contribution in [-0.2, 0) is 9.53 Å². The topological polar surface area (TPSA) is 50.1 Å². The third-order valence-corrected chi connectivity index (χ3v) is 2.80. The highest BCUT2D eigenvalue weighted by molar-refractivity contribution is 5.75. The molecule has 1 aliphatic rings. The van der Waals surface area contributed by atoms with Crippen molar-refractivity contribution in [3.63, 3.8) is 0 Å². The van der Waals surface area contributed by atoms with Gasteiger partial charge in [0, 0.05) is 0 Å². The summed E-state index contributed by atoms with van der Waals surface area (Å²) in [5.41, 5.74) is 0.